The van der Waals surface area contributed by atoms with Crippen molar-refractivity contribution in [2.75, 3.05) is 13.1 Å². The van der Waals surface area contributed by atoms with Gasteiger partial charge in [-0.25, -0.2) is 4.79 Å². The molecule has 1 amide bonds. The third-order valence-corrected chi connectivity index (χ3v) is 1.61. The first kappa shape index (κ1) is 14.6. The maximum absolute atomic E-state index is 11.3. The summed E-state index contributed by atoms with van der Waals surface area (Å²) in [5.41, 5.74) is -0.386. The minimum atomic E-state index is -0.386. The number of carbonyl (C=O) groups excluding carboxylic acids is 1. The van der Waals surface area contributed by atoms with Gasteiger partial charge in [0.05, 0.1) is 0 Å². The molecule has 0 N–H and O–H groups in total. The fourth-order valence-corrected chi connectivity index (χ4v) is 1.05. The first-order valence-corrected chi connectivity index (χ1v) is 13.5. The topological polar surface area (TPSA) is 29.5 Å². The number of carbonyl (C=O) groups is 1. The average Bonchev–Trinajstić information content (AvgIpc) is 1.99. The molecule has 1 rings (SSSR count). The molecule has 78 valence electrons. The van der Waals surface area contributed by atoms with Crippen molar-refractivity contribution in [3.8, 4) is 0 Å². The molecule has 0 aromatic heterocycles. The molecule has 0 unspecified atom stereocenters. The molecule has 1 fully saturated rings. The molecule has 1 saturated heterocycles. The normalized spacial score (nSPS) is 16.6. The van der Waals surface area contributed by atoms with E-state index in [0.717, 1.165) is 13.1 Å². The molecule has 14 heavy (non-hydrogen) atoms. The van der Waals surface area contributed by atoms with Crippen LogP contribution in [0.25, 0.3) is 0 Å². The molecule has 0 saturated carbocycles. The van der Waals surface area contributed by atoms with E-state index < -0.39 is 0 Å². The third kappa shape index (κ3) is 5.49. The summed E-state index contributed by atoms with van der Waals surface area (Å²) < 4.78 is 5.15. The number of ether oxygens (including phenoxy) is 1. The Morgan fingerprint density at radius 3 is 2.21 bits per heavy atom. The molecule has 5 heteroatoms. The van der Waals surface area contributed by atoms with Crippen LogP contribution in [0.15, 0.2) is 0 Å². The maximum atomic E-state index is 11.3. The second kappa shape index (κ2) is 6.26. The number of hydrogen-bond acceptors (Lipinski definition) is 2. The van der Waals surface area contributed by atoms with Gasteiger partial charge in [-0.2, -0.15) is 0 Å². The second-order valence-corrected chi connectivity index (χ2v) is 4.25. The van der Waals surface area contributed by atoms with Gasteiger partial charge >= 0.3 is 40.6 Å². The van der Waals surface area contributed by atoms with Crippen LogP contribution in [0.3, 0.4) is 0 Å². The molecular weight excluding hydrogens is 346 g/mol. The van der Waals surface area contributed by atoms with Crippen LogP contribution in [0, 0.1) is 12.8 Å². The van der Waals surface area contributed by atoms with Crippen molar-refractivity contribution in [2.24, 2.45) is 5.92 Å². The molecule has 0 atom stereocenters. The van der Waals surface area contributed by atoms with Gasteiger partial charge in [0.15, 0.2) is 0 Å². The molecule has 1 aliphatic rings. The van der Waals surface area contributed by atoms with Gasteiger partial charge in [-0.05, 0) is 20.8 Å². The van der Waals surface area contributed by atoms with Crippen molar-refractivity contribution >= 4 is 25.8 Å². The van der Waals surface area contributed by atoms with E-state index in [2.05, 4.69) is 26.7 Å². The van der Waals surface area contributed by atoms with Gasteiger partial charge in [-0.3, -0.25) is 0 Å². The number of hydrogen-bond donors (Lipinski definition) is 0. The fraction of sp³-hybridized carbons (Fsp3) is 0.778. The van der Waals surface area contributed by atoms with Crippen molar-refractivity contribution in [2.45, 2.75) is 26.4 Å². The molecule has 1 heterocycles. The fourth-order valence-electron chi connectivity index (χ4n) is 1.05. The molecule has 0 radical (unpaired) electrons. The quantitative estimate of drug-likeness (QED) is 0.377. The van der Waals surface area contributed by atoms with Gasteiger partial charge in [0.25, 0.3) is 0 Å². The van der Waals surface area contributed by atoms with Crippen LogP contribution < -0.4 is 0 Å². The number of amides is 1. The van der Waals surface area contributed by atoms with Crippen LogP contribution >= 0.6 is 19.8 Å². The molecule has 0 spiro atoms. The van der Waals surface area contributed by atoms with Crippen molar-refractivity contribution < 1.29 is 24.3 Å². The van der Waals surface area contributed by atoms with Crippen molar-refractivity contribution in [1.82, 2.24) is 4.90 Å². The van der Waals surface area contributed by atoms with Crippen molar-refractivity contribution in [3.63, 3.8) is 0 Å². The van der Waals surface area contributed by atoms with E-state index >= 15 is 0 Å². The second-order valence-electron chi connectivity index (χ2n) is 4.25. The molecule has 0 aromatic rings. The Morgan fingerprint density at radius 1 is 1.50 bits per heavy atom. The Kier molecular flexibility index (Phi) is 6.54. The molecule has 0 bridgehead atoms. The molecular formula is C9H16INO2Zn. The molecule has 0 aliphatic carbocycles. The number of rotatable bonds is 0. The number of likely N-dealkylation sites (tertiary alicyclic amines) is 1. The van der Waals surface area contributed by atoms with E-state index in [0.29, 0.717) is 5.92 Å². The number of halogens is 1. The predicted molar refractivity (Wildman–Crippen MR) is 60.7 cm³/mol. The first-order valence-electron chi connectivity index (χ1n) is 4.46. The van der Waals surface area contributed by atoms with Crippen molar-refractivity contribution in [3.05, 3.63) is 6.92 Å². The number of nitrogens with zero attached hydrogens (tertiary/aromatic N) is 1. The van der Waals surface area contributed by atoms with Gasteiger partial charge in [0, 0.05) is 13.1 Å². The van der Waals surface area contributed by atoms with Crippen LogP contribution in [-0.2, 0) is 19.5 Å². The minimum absolute atomic E-state index is 0.220. The van der Waals surface area contributed by atoms with Crippen LogP contribution in [0.5, 0.6) is 0 Å². The van der Waals surface area contributed by atoms with Gasteiger partial charge in [-0.15, -0.1) is 5.92 Å². The molecule has 3 nitrogen and oxygen atoms in total. The zero-order chi connectivity index (χ0) is 11.4. The summed E-state index contributed by atoms with van der Waals surface area (Å²) in [6.45, 7) is 10.9. The summed E-state index contributed by atoms with van der Waals surface area (Å²) in [7, 11) is 0. The van der Waals surface area contributed by atoms with Crippen LogP contribution in [0.4, 0.5) is 4.79 Å². The zero-order valence-electron chi connectivity index (χ0n) is 9.05. The van der Waals surface area contributed by atoms with Crippen molar-refractivity contribution in [1.29, 1.82) is 0 Å². The Labute approximate surface area is 107 Å². The SMILES string of the molecule is [CH2-]C1CN(C(=O)OC(C)(C)C)C1.[Zn+][I]. The van der Waals surface area contributed by atoms with E-state index in [9.17, 15) is 4.79 Å². The van der Waals surface area contributed by atoms with Crippen LogP contribution in [0.2, 0.25) is 0 Å². The summed E-state index contributed by atoms with van der Waals surface area (Å²) in [4.78, 5) is 12.9. The Bertz CT molecular complexity index is 188. The van der Waals surface area contributed by atoms with Gasteiger partial charge < -0.3 is 16.6 Å². The van der Waals surface area contributed by atoms with E-state index in [4.69, 9.17) is 4.74 Å². The van der Waals surface area contributed by atoms with Crippen LogP contribution in [-0.4, -0.2) is 29.7 Å². The third-order valence-electron chi connectivity index (χ3n) is 1.61. The average molecular weight is 363 g/mol. The van der Waals surface area contributed by atoms with E-state index in [1.807, 2.05) is 20.8 Å². The Balaban J connectivity index is 0.000000791. The zero-order valence-corrected chi connectivity index (χ0v) is 14.2. The van der Waals surface area contributed by atoms with Crippen LogP contribution in [0.1, 0.15) is 20.8 Å². The standard InChI is InChI=1S/C9H16NO2.HI.Zn/c1-7-5-10(6-7)8(11)12-9(2,3)4;;/h7H,1,5-6H2,2-4H3;1H;/q-1;;+2/p-1. The summed E-state index contributed by atoms with van der Waals surface area (Å²) in [5, 5.41) is 0. The predicted octanol–water partition coefficient (Wildman–Crippen LogP) is 2.57. The Morgan fingerprint density at radius 2 is 1.93 bits per heavy atom. The monoisotopic (exact) mass is 361 g/mol. The van der Waals surface area contributed by atoms with E-state index in [-0.39, 0.29) is 11.7 Å². The first-order chi connectivity index (χ1) is 6.38. The summed E-state index contributed by atoms with van der Waals surface area (Å²) in [5.74, 6) is 0.387. The van der Waals surface area contributed by atoms with E-state index in [1.165, 1.54) is 14.8 Å². The molecule has 1 aliphatic heterocycles. The summed E-state index contributed by atoms with van der Waals surface area (Å²) >= 11 is 3.62. The van der Waals surface area contributed by atoms with Gasteiger partial charge in [0.1, 0.15) is 5.60 Å². The Hall–Kier alpha value is 0.623. The summed E-state index contributed by atoms with van der Waals surface area (Å²) in [6.07, 6.45) is -0.220. The van der Waals surface area contributed by atoms with E-state index in [1.54, 1.807) is 4.90 Å². The van der Waals surface area contributed by atoms with Gasteiger partial charge in [0.2, 0.25) is 0 Å². The van der Waals surface area contributed by atoms with Gasteiger partial charge in [-0.1, -0.05) is 0 Å². The molecule has 0 aromatic carbocycles. The summed E-state index contributed by atoms with van der Waals surface area (Å²) in [6, 6.07) is 0.